The minimum absolute atomic E-state index is 0.0808. The van der Waals surface area contributed by atoms with Crippen LogP contribution in [0.25, 0.3) is 0 Å². The second kappa shape index (κ2) is 4.88. The molecule has 0 aliphatic heterocycles. The molecule has 2 aromatic rings. The van der Waals surface area contributed by atoms with Crippen molar-refractivity contribution in [2.45, 2.75) is 0 Å². The lowest BCUT2D eigenvalue weighted by atomic mass is 10.3. The van der Waals surface area contributed by atoms with Gasteiger partial charge in [-0.15, -0.1) is 0 Å². The zero-order valence-electron chi connectivity index (χ0n) is 8.92. The molecule has 0 bridgehead atoms. The monoisotopic (exact) mass is 255 g/mol. The zero-order chi connectivity index (χ0) is 13.1. The minimum Gasteiger partial charge on any atom is -0.338 e. The van der Waals surface area contributed by atoms with Crippen molar-refractivity contribution in [1.82, 2.24) is 9.97 Å². The highest BCUT2D eigenvalue weighted by Crippen LogP contribution is 2.22. The Labute approximate surface area is 99.8 Å². The van der Waals surface area contributed by atoms with Crippen LogP contribution in [0.2, 0.25) is 0 Å². The van der Waals surface area contributed by atoms with E-state index in [-0.39, 0.29) is 17.5 Å². The molecule has 0 aliphatic carbocycles. The largest absolute Gasteiger partial charge is 0.338 e. The maximum Gasteiger partial charge on any atom is 0.239 e. The molecule has 0 aliphatic rings. The van der Waals surface area contributed by atoms with E-state index in [1.807, 2.05) is 0 Å². The van der Waals surface area contributed by atoms with Crippen molar-refractivity contribution in [1.29, 1.82) is 0 Å². The quantitative estimate of drug-likeness (QED) is 0.444. The van der Waals surface area contributed by atoms with Crippen LogP contribution >= 0.6 is 0 Å². The Morgan fingerprint density at radius 1 is 1.17 bits per heavy atom. The highest BCUT2D eigenvalue weighted by molar-refractivity contribution is 5.57. The fraction of sp³-hybridized carbons (Fsp3) is 0. The van der Waals surface area contributed by atoms with Crippen LogP contribution in [0.15, 0.2) is 24.4 Å². The highest BCUT2D eigenvalue weighted by Gasteiger charge is 2.11. The van der Waals surface area contributed by atoms with Gasteiger partial charge in [0.25, 0.3) is 0 Å². The van der Waals surface area contributed by atoms with Crippen LogP contribution in [0.1, 0.15) is 0 Å². The van der Waals surface area contributed by atoms with Crippen LogP contribution in [-0.4, -0.2) is 9.97 Å². The third-order valence-corrected chi connectivity index (χ3v) is 2.04. The van der Waals surface area contributed by atoms with Crippen LogP contribution in [0.5, 0.6) is 0 Å². The molecule has 5 nitrogen and oxygen atoms in total. The van der Waals surface area contributed by atoms with Crippen molar-refractivity contribution in [3.8, 4) is 0 Å². The van der Waals surface area contributed by atoms with Crippen molar-refractivity contribution in [2.75, 3.05) is 10.7 Å². The van der Waals surface area contributed by atoms with Gasteiger partial charge in [-0.1, -0.05) is 0 Å². The summed E-state index contributed by atoms with van der Waals surface area (Å²) < 4.78 is 39.3. The Kier molecular flexibility index (Phi) is 3.28. The first-order chi connectivity index (χ1) is 8.60. The molecule has 0 saturated heterocycles. The summed E-state index contributed by atoms with van der Waals surface area (Å²) in [4.78, 5) is 7.54. The lowest BCUT2D eigenvalue weighted by Crippen LogP contribution is -2.11. The van der Waals surface area contributed by atoms with Gasteiger partial charge in [0.15, 0.2) is 11.6 Å². The van der Waals surface area contributed by atoms with Crippen LogP contribution in [-0.2, 0) is 0 Å². The Hall–Kier alpha value is -2.35. The number of rotatable bonds is 3. The summed E-state index contributed by atoms with van der Waals surface area (Å²) in [6.07, 6.45) is 1.35. The molecule has 94 valence electrons. The van der Waals surface area contributed by atoms with Gasteiger partial charge < -0.3 is 5.32 Å². The second-order valence-electron chi connectivity index (χ2n) is 3.28. The van der Waals surface area contributed by atoms with Gasteiger partial charge >= 0.3 is 0 Å². The Morgan fingerprint density at radius 2 is 1.94 bits per heavy atom. The summed E-state index contributed by atoms with van der Waals surface area (Å²) in [5.74, 6) is 1.93. The molecule has 8 heteroatoms. The standard InChI is InChI=1S/C10H8F3N5/c11-5-3-6(12)9(13)7(4-5)16-8-1-2-15-10(17-8)18-14/h1-4H,14H2,(H2,15,16,17,18). The summed E-state index contributed by atoms with van der Waals surface area (Å²) in [7, 11) is 0. The van der Waals surface area contributed by atoms with Crippen molar-refractivity contribution in [2.24, 2.45) is 5.84 Å². The van der Waals surface area contributed by atoms with Crippen molar-refractivity contribution >= 4 is 17.5 Å². The highest BCUT2D eigenvalue weighted by atomic mass is 19.2. The molecule has 0 saturated carbocycles. The minimum atomic E-state index is -1.29. The smallest absolute Gasteiger partial charge is 0.239 e. The van der Waals surface area contributed by atoms with E-state index < -0.39 is 17.5 Å². The number of aromatic nitrogens is 2. The number of nitrogens with two attached hydrogens (primary N) is 1. The zero-order valence-corrected chi connectivity index (χ0v) is 8.92. The normalized spacial score (nSPS) is 10.2. The van der Waals surface area contributed by atoms with E-state index in [1.165, 1.54) is 12.3 Å². The second-order valence-corrected chi connectivity index (χ2v) is 3.28. The maximum atomic E-state index is 13.4. The summed E-state index contributed by atoms with van der Waals surface area (Å²) in [6, 6.07) is 2.66. The molecule has 0 spiro atoms. The van der Waals surface area contributed by atoms with E-state index in [4.69, 9.17) is 5.84 Å². The van der Waals surface area contributed by atoms with Crippen LogP contribution < -0.4 is 16.6 Å². The van der Waals surface area contributed by atoms with Gasteiger partial charge in [0.2, 0.25) is 5.95 Å². The summed E-state index contributed by atoms with van der Waals surface area (Å²) >= 11 is 0. The molecule has 1 aromatic heterocycles. The first kappa shape index (κ1) is 12.1. The number of nitrogens with zero attached hydrogens (tertiary/aromatic N) is 2. The number of anilines is 3. The van der Waals surface area contributed by atoms with Gasteiger partial charge in [-0.05, 0) is 6.07 Å². The van der Waals surface area contributed by atoms with Gasteiger partial charge in [-0.3, -0.25) is 5.43 Å². The van der Waals surface area contributed by atoms with Crippen LogP contribution in [0.4, 0.5) is 30.6 Å². The number of hydrogen-bond donors (Lipinski definition) is 3. The predicted molar refractivity (Wildman–Crippen MR) is 59.4 cm³/mol. The van der Waals surface area contributed by atoms with Crippen molar-refractivity contribution < 1.29 is 13.2 Å². The SMILES string of the molecule is NNc1nccc(Nc2cc(F)cc(F)c2F)n1. The Bertz CT molecular complexity index is 575. The predicted octanol–water partition coefficient (Wildman–Crippen LogP) is 1.92. The summed E-state index contributed by atoms with van der Waals surface area (Å²) in [5.41, 5.74) is 1.82. The number of hydrazine groups is 1. The molecular weight excluding hydrogens is 247 g/mol. The van der Waals surface area contributed by atoms with E-state index in [0.29, 0.717) is 6.07 Å². The van der Waals surface area contributed by atoms with E-state index in [0.717, 1.165) is 6.07 Å². The van der Waals surface area contributed by atoms with Gasteiger partial charge in [0.05, 0.1) is 5.69 Å². The number of benzene rings is 1. The molecule has 0 fully saturated rings. The molecule has 18 heavy (non-hydrogen) atoms. The third-order valence-electron chi connectivity index (χ3n) is 2.04. The Balaban J connectivity index is 2.33. The number of hydrogen-bond acceptors (Lipinski definition) is 5. The molecule has 1 aromatic carbocycles. The molecular formula is C10H8F3N5. The Morgan fingerprint density at radius 3 is 2.67 bits per heavy atom. The van der Waals surface area contributed by atoms with E-state index >= 15 is 0 Å². The lowest BCUT2D eigenvalue weighted by molar-refractivity contribution is 0.498. The van der Waals surface area contributed by atoms with Gasteiger partial charge in [0, 0.05) is 18.3 Å². The van der Waals surface area contributed by atoms with Gasteiger partial charge in [-0.2, -0.15) is 4.98 Å². The molecule has 4 N–H and O–H groups in total. The molecule has 0 unspecified atom stereocenters. The fourth-order valence-electron chi connectivity index (χ4n) is 1.28. The van der Waals surface area contributed by atoms with Crippen LogP contribution in [0, 0.1) is 17.5 Å². The molecule has 0 radical (unpaired) electrons. The molecule has 2 rings (SSSR count). The van der Waals surface area contributed by atoms with Gasteiger partial charge in [-0.25, -0.2) is 24.0 Å². The van der Waals surface area contributed by atoms with E-state index in [2.05, 4.69) is 20.7 Å². The first-order valence-corrected chi connectivity index (χ1v) is 4.81. The van der Waals surface area contributed by atoms with E-state index in [1.54, 1.807) is 0 Å². The topological polar surface area (TPSA) is 75.9 Å². The maximum absolute atomic E-state index is 13.4. The number of halogens is 3. The third kappa shape index (κ3) is 2.48. The molecule has 1 heterocycles. The number of nitrogen functional groups attached to an aromatic ring is 1. The van der Waals surface area contributed by atoms with E-state index in [9.17, 15) is 13.2 Å². The average molecular weight is 255 g/mol. The van der Waals surface area contributed by atoms with Crippen molar-refractivity contribution in [3.63, 3.8) is 0 Å². The summed E-state index contributed by atoms with van der Waals surface area (Å²) in [5, 5.41) is 2.43. The lowest BCUT2D eigenvalue weighted by Gasteiger charge is -2.08. The number of nitrogens with one attached hydrogen (secondary N) is 2. The average Bonchev–Trinajstić information content (AvgIpc) is 2.35. The molecule has 0 amide bonds. The summed E-state index contributed by atoms with van der Waals surface area (Å²) in [6.45, 7) is 0. The van der Waals surface area contributed by atoms with Gasteiger partial charge in [0.1, 0.15) is 11.6 Å². The first-order valence-electron chi connectivity index (χ1n) is 4.81. The van der Waals surface area contributed by atoms with Crippen LogP contribution in [0.3, 0.4) is 0 Å². The molecule has 0 atom stereocenters. The van der Waals surface area contributed by atoms with Crippen molar-refractivity contribution in [3.05, 3.63) is 41.8 Å². The fourth-order valence-corrected chi connectivity index (χ4v) is 1.28.